The van der Waals surface area contributed by atoms with Gasteiger partial charge < -0.3 is 10.1 Å². The summed E-state index contributed by atoms with van der Waals surface area (Å²) in [5.41, 5.74) is 5.39. The number of hydrogen-bond acceptors (Lipinski definition) is 2. The number of hydrogen-bond donors (Lipinski definition) is 1. The third-order valence-electron chi connectivity index (χ3n) is 5.44. The maximum absolute atomic E-state index is 12.4. The monoisotopic (exact) mass is 365 g/mol. The molecule has 0 unspecified atom stereocenters. The van der Waals surface area contributed by atoms with Crippen molar-refractivity contribution in [2.45, 2.75) is 64.8 Å². The third-order valence-corrected chi connectivity index (χ3v) is 5.44. The Hall–Kier alpha value is -2.29. The molecule has 0 radical (unpaired) electrons. The largest absolute Gasteiger partial charge is 0.484 e. The zero-order chi connectivity index (χ0) is 19.2. The van der Waals surface area contributed by atoms with Gasteiger partial charge in [-0.3, -0.25) is 4.79 Å². The summed E-state index contributed by atoms with van der Waals surface area (Å²) < 4.78 is 5.66. The fourth-order valence-electron chi connectivity index (χ4n) is 3.73. The molecule has 0 aliphatic heterocycles. The Balaban J connectivity index is 1.57. The van der Waals surface area contributed by atoms with Gasteiger partial charge in [0, 0.05) is 0 Å². The highest BCUT2D eigenvalue weighted by atomic mass is 16.5. The first-order chi connectivity index (χ1) is 13.1. The van der Waals surface area contributed by atoms with Gasteiger partial charge in [-0.15, -0.1) is 0 Å². The predicted molar refractivity (Wildman–Crippen MR) is 110 cm³/mol. The van der Waals surface area contributed by atoms with E-state index in [0.717, 1.165) is 18.6 Å². The topological polar surface area (TPSA) is 38.3 Å². The van der Waals surface area contributed by atoms with E-state index in [4.69, 9.17) is 4.74 Å². The van der Waals surface area contributed by atoms with Crippen LogP contribution in [0, 0.1) is 0 Å². The molecular formula is C24H31NO2. The van der Waals surface area contributed by atoms with Crippen molar-refractivity contribution in [3.63, 3.8) is 0 Å². The van der Waals surface area contributed by atoms with Crippen LogP contribution in [0.2, 0.25) is 0 Å². The quantitative estimate of drug-likeness (QED) is 0.720. The molecule has 0 aromatic heterocycles. The van der Waals surface area contributed by atoms with E-state index in [0.29, 0.717) is 5.92 Å². The summed E-state index contributed by atoms with van der Waals surface area (Å²) in [4.78, 5) is 12.4. The van der Waals surface area contributed by atoms with Gasteiger partial charge in [-0.05, 0) is 72.4 Å². The molecule has 0 saturated carbocycles. The molecule has 1 amide bonds. The lowest BCUT2D eigenvalue weighted by atomic mass is 9.89. The summed E-state index contributed by atoms with van der Waals surface area (Å²) in [5.74, 6) is 1.15. The third kappa shape index (κ3) is 5.12. The summed E-state index contributed by atoms with van der Waals surface area (Å²) in [6, 6.07) is 14.7. The average molecular weight is 366 g/mol. The van der Waals surface area contributed by atoms with Crippen molar-refractivity contribution < 1.29 is 9.53 Å². The Morgan fingerprint density at radius 3 is 2.33 bits per heavy atom. The molecule has 1 aliphatic rings. The van der Waals surface area contributed by atoms with Crippen LogP contribution in [0.4, 0.5) is 0 Å². The number of fused-ring (bicyclic) bond motifs is 1. The number of benzene rings is 2. The summed E-state index contributed by atoms with van der Waals surface area (Å²) in [7, 11) is 0. The van der Waals surface area contributed by atoms with Crippen molar-refractivity contribution >= 4 is 5.91 Å². The maximum atomic E-state index is 12.4. The second-order valence-corrected chi connectivity index (χ2v) is 7.78. The SMILES string of the molecule is CC[C@H](NC(=O)COc1ccc(C(C)C)cc1)c1ccc2c(c1)CCCC2. The number of amides is 1. The number of carbonyl (C=O) groups is 1. The van der Waals surface area contributed by atoms with Crippen LogP contribution < -0.4 is 10.1 Å². The fourth-order valence-corrected chi connectivity index (χ4v) is 3.73. The van der Waals surface area contributed by atoms with Crippen LogP contribution in [0.1, 0.15) is 74.2 Å². The molecule has 3 nitrogen and oxygen atoms in total. The minimum Gasteiger partial charge on any atom is -0.484 e. The van der Waals surface area contributed by atoms with Gasteiger partial charge in [0.25, 0.3) is 5.91 Å². The molecule has 2 aromatic carbocycles. The molecule has 2 aromatic rings. The predicted octanol–water partition coefficient (Wildman–Crippen LogP) is 5.34. The minimum absolute atomic E-state index is 0.0386. The Morgan fingerprint density at radius 2 is 1.67 bits per heavy atom. The molecule has 27 heavy (non-hydrogen) atoms. The van der Waals surface area contributed by atoms with Crippen LogP contribution in [0.5, 0.6) is 5.75 Å². The summed E-state index contributed by atoms with van der Waals surface area (Å²) >= 11 is 0. The van der Waals surface area contributed by atoms with Crippen molar-refractivity contribution in [2.75, 3.05) is 6.61 Å². The van der Waals surface area contributed by atoms with Gasteiger partial charge in [0.05, 0.1) is 6.04 Å². The molecule has 144 valence electrons. The molecular weight excluding hydrogens is 334 g/mol. The second kappa shape index (κ2) is 9.07. The smallest absolute Gasteiger partial charge is 0.258 e. The Morgan fingerprint density at radius 1 is 1.00 bits per heavy atom. The maximum Gasteiger partial charge on any atom is 0.258 e. The van der Waals surface area contributed by atoms with Crippen molar-refractivity contribution in [3.05, 3.63) is 64.7 Å². The zero-order valence-corrected chi connectivity index (χ0v) is 16.8. The molecule has 3 rings (SSSR count). The van der Waals surface area contributed by atoms with Gasteiger partial charge >= 0.3 is 0 Å². The molecule has 1 aliphatic carbocycles. The number of aryl methyl sites for hydroxylation is 2. The lowest BCUT2D eigenvalue weighted by Crippen LogP contribution is -2.32. The van der Waals surface area contributed by atoms with E-state index >= 15 is 0 Å². The lowest BCUT2D eigenvalue weighted by Gasteiger charge is -2.22. The number of nitrogens with one attached hydrogen (secondary N) is 1. The molecule has 0 bridgehead atoms. The van der Waals surface area contributed by atoms with Crippen LogP contribution in [0.3, 0.4) is 0 Å². The highest BCUT2D eigenvalue weighted by Gasteiger charge is 2.16. The Bertz CT molecular complexity index is 764. The van der Waals surface area contributed by atoms with E-state index in [2.05, 4.69) is 56.4 Å². The Kier molecular flexibility index (Phi) is 6.54. The number of carbonyl (C=O) groups excluding carboxylic acids is 1. The van der Waals surface area contributed by atoms with Crippen molar-refractivity contribution in [1.82, 2.24) is 5.32 Å². The van der Waals surface area contributed by atoms with Gasteiger partial charge in [0.2, 0.25) is 0 Å². The minimum atomic E-state index is -0.0764. The molecule has 1 N–H and O–H groups in total. The molecule has 0 fully saturated rings. The van der Waals surface area contributed by atoms with Crippen molar-refractivity contribution in [2.24, 2.45) is 0 Å². The van der Waals surface area contributed by atoms with E-state index < -0.39 is 0 Å². The molecule has 0 saturated heterocycles. The van der Waals surface area contributed by atoms with E-state index in [9.17, 15) is 4.79 Å². The molecule has 0 heterocycles. The van der Waals surface area contributed by atoms with E-state index in [1.165, 1.54) is 41.5 Å². The standard InChI is InChI=1S/C24H31NO2/c1-4-23(21-10-9-19-7-5-6-8-20(19)15-21)25-24(26)16-27-22-13-11-18(12-14-22)17(2)3/h9-15,17,23H,4-8,16H2,1-3H3,(H,25,26)/t23-/m0/s1. The first-order valence-corrected chi connectivity index (χ1v) is 10.2. The van der Waals surface area contributed by atoms with Crippen LogP contribution in [-0.2, 0) is 17.6 Å². The first kappa shape index (κ1) is 19.5. The highest BCUT2D eigenvalue weighted by Crippen LogP contribution is 2.26. The first-order valence-electron chi connectivity index (χ1n) is 10.2. The van der Waals surface area contributed by atoms with Crippen LogP contribution in [0.15, 0.2) is 42.5 Å². The van der Waals surface area contributed by atoms with E-state index in [1.807, 2.05) is 12.1 Å². The zero-order valence-electron chi connectivity index (χ0n) is 16.8. The molecule has 0 spiro atoms. The van der Waals surface area contributed by atoms with E-state index in [1.54, 1.807) is 0 Å². The van der Waals surface area contributed by atoms with Crippen LogP contribution in [-0.4, -0.2) is 12.5 Å². The number of ether oxygens (including phenoxy) is 1. The van der Waals surface area contributed by atoms with E-state index in [-0.39, 0.29) is 18.6 Å². The van der Waals surface area contributed by atoms with Crippen LogP contribution in [0.25, 0.3) is 0 Å². The van der Waals surface area contributed by atoms with Gasteiger partial charge in [0.1, 0.15) is 5.75 Å². The van der Waals surface area contributed by atoms with Gasteiger partial charge in [0.15, 0.2) is 6.61 Å². The van der Waals surface area contributed by atoms with Gasteiger partial charge in [-0.1, -0.05) is 51.1 Å². The summed E-state index contributed by atoms with van der Waals surface area (Å²) in [6.45, 7) is 6.47. The normalized spacial score (nSPS) is 14.5. The second-order valence-electron chi connectivity index (χ2n) is 7.78. The van der Waals surface area contributed by atoms with Crippen molar-refractivity contribution in [3.8, 4) is 5.75 Å². The average Bonchev–Trinajstić information content (AvgIpc) is 2.70. The summed E-state index contributed by atoms with van der Waals surface area (Å²) in [5, 5.41) is 3.13. The molecule has 1 atom stereocenters. The highest BCUT2D eigenvalue weighted by molar-refractivity contribution is 5.78. The lowest BCUT2D eigenvalue weighted by molar-refractivity contribution is -0.123. The Labute approximate surface area is 163 Å². The summed E-state index contributed by atoms with van der Waals surface area (Å²) in [6.07, 6.45) is 5.76. The number of rotatable bonds is 7. The molecule has 3 heteroatoms. The van der Waals surface area contributed by atoms with Crippen LogP contribution >= 0.6 is 0 Å². The van der Waals surface area contributed by atoms with Gasteiger partial charge in [-0.25, -0.2) is 0 Å². The van der Waals surface area contributed by atoms with Gasteiger partial charge in [-0.2, -0.15) is 0 Å². The fraction of sp³-hybridized carbons (Fsp3) is 0.458. The van der Waals surface area contributed by atoms with Crippen molar-refractivity contribution in [1.29, 1.82) is 0 Å².